The predicted octanol–water partition coefficient (Wildman–Crippen LogP) is 8.02. The van der Waals surface area contributed by atoms with Gasteiger partial charge < -0.3 is 14.8 Å². The Morgan fingerprint density at radius 2 is 1.89 bits per heavy atom. The van der Waals surface area contributed by atoms with E-state index in [4.69, 9.17) is 21.4 Å². The number of hydrogen-bond acceptors (Lipinski definition) is 3. The summed E-state index contributed by atoms with van der Waals surface area (Å²) in [7, 11) is 0. The maximum atomic E-state index is 10.9. The van der Waals surface area contributed by atoms with Crippen molar-refractivity contribution in [3.05, 3.63) is 82.9 Å². The van der Waals surface area contributed by atoms with Crippen LogP contribution in [0.25, 0.3) is 22.2 Å². The third-order valence-corrected chi connectivity index (χ3v) is 7.45. The second-order valence-electron chi connectivity index (χ2n) is 8.54. The van der Waals surface area contributed by atoms with Crippen molar-refractivity contribution in [3.8, 4) is 17.0 Å². The lowest BCUT2D eigenvalue weighted by Crippen LogP contribution is -2.01. The van der Waals surface area contributed by atoms with E-state index in [2.05, 4.69) is 54.4 Å². The van der Waals surface area contributed by atoms with Gasteiger partial charge in [0, 0.05) is 27.1 Å². The maximum absolute atomic E-state index is 10.9. The van der Waals surface area contributed by atoms with Crippen molar-refractivity contribution in [2.24, 2.45) is 0 Å². The van der Waals surface area contributed by atoms with Crippen molar-refractivity contribution in [1.82, 2.24) is 4.98 Å². The molecule has 3 aromatic carbocycles. The molecule has 0 atom stereocenters. The third-order valence-electron chi connectivity index (χ3n) is 5.86. The van der Waals surface area contributed by atoms with Crippen molar-refractivity contribution in [2.45, 2.75) is 43.9 Å². The Morgan fingerprint density at radius 3 is 2.63 bits per heavy atom. The van der Waals surface area contributed by atoms with Crippen molar-refractivity contribution in [2.75, 3.05) is 12.4 Å². The Balaban J connectivity index is 1.32. The summed E-state index contributed by atoms with van der Waals surface area (Å²) < 4.78 is 6.24. The zero-order valence-electron chi connectivity index (χ0n) is 19.9. The monoisotopic (exact) mass is 507 g/mol. The van der Waals surface area contributed by atoms with Gasteiger partial charge in [-0.2, -0.15) is 0 Å². The van der Waals surface area contributed by atoms with Gasteiger partial charge in [-0.25, -0.2) is 0 Å². The molecular formula is C29H30ClNO3S. The summed E-state index contributed by atoms with van der Waals surface area (Å²) in [5, 5.41) is 10.8. The first-order chi connectivity index (χ1) is 17.0. The highest BCUT2D eigenvalue weighted by molar-refractivity contribution is 7.99. The Labute approximate surface area is 215 Å². The average molecular weight is 508 g/mol. The van der Waals surface area contributed by atoms with Gasteiger partial charge in [0.15, 0.2) is 0 Å². The van der Waals surface area contributed by atoms with Gasteiger partial charge in [-0.3, -0.25) is 4.79 Å². The largest absolute Gasteiger partial charge is 0.493 e. The van der Waals surface area contributed by atoms with E-state index in [9.17, 15) is 4.79 Å². The number of thioether (sulfide) groups is 1. The molecule has 1 heterocycles. The smallest absolute Gasteiger partial charge is 0.307 e. The second kappa shape index (κ2) is 12.2. The van der Waals surface area contributed by atoms with E-state index < -0.39 is 5.97 Å². The molecule has 182 valence electrons. The van der Waals surface area contributed by atoms with E-state index in [1.54, 1.807) is 17.8 Å². The number of rotatable bonds is 12. The lowest BCUT2D eigenvalue weighted by atomic mass is 10.0. The minimum atomic E-state index is -0.851. The van der Waals surface area contributed by atoms with E-state index in [0.29, 0.717) is 11.6 Å². The van der Waals surface area contributed by atoms with Crippen LogP contribution in [-0.4, -0.2) is 28.4 Å². The fraction of sp³-hybridized carbons (Fsp3) is 0.276. The number of unbranched alkanes of at least 4 members (excludes halogenated alkanes) is 1. The lowest BCUT2D eigenvalue weighted by Gasteiger charge is -2.12. The van der Waals surface area contributed by atoms with Gasteiger partial charge in [0.2, 0.25) is 0 Å². The summed E-state index contributed by atoms with van der Waals surface area (Å²) in [4.78, 5) is 15.4. The molecule has 4 aromatic rings. The number of aryl methyl sites for hydroxylation is 1. The van der Waals surface area contributed by atoms with Crippen LogP contribution < -0.4 is 4.74 Å². The molecule has 6 heteroatoms. The molecule has 0 aliphatic heterocycles. The highest BCUT2D eigenvalue weighted by Crippen LogP contribution is 2.33. The number of hydrogen-bond donors (Lipinski definition) is 2. The second-order valence-corrected chi connectivity index (χ2v) is 10.1. The Morgan fingerprint density at radius 1 is 1.06 bits per heavy atom. The molecule has 0 spiro atoms. The molecule has 0 amide bonds. The molecule has 0 saturated carbocycles. The first kappa shape index (κ1) is 25.2. The summed E-state index contributed by atoms with van der Waals surface area (Å²) in [6.07, 6.45) is 3.98. The number of fused-ring (bicyclic) bond motifs is 1. The summed E-state index contributed by atoms with van der Waals surface area (Å²) in [5.74, 6) is 1.05. The number of aromatic amines is 1. The molecule has 1 aromatic heterocycles. The van der Waals surface area contributed by atoms with Crippen LogP contribution in [0.1, 0.15) is 37.3 Å². The Hall–Kier alpha value is -2.89. The summed E-state index contributed by atoms with van der Waals surface area (Å²) in [6, 6.07) is 22.3. The third kappa shape index (κ3) is 6.62. The predicted molar refractivity (Wildman–Crippen MR) is 146 cm³/mol. The number of nitrogens with one attached hydrogen (secondary N) is 1. The van der Waals surface area contributed by atoms with E-state index >= 15 is 0 Å². The molecule has 4 rings (SSSR count). The summed E-state index contributed by atoms with van der Waals surface area (Å²) >= 11 is 8.02. The minimum absolute atomic E-state index is 0.00978. The minimum Gasteiger partial charge on any atom is -0.493 e. The topological polar surface area (TPSA) is 62.3 Å². The zero-order chi connectivity index (χ0) is 24.6. The Kier molecular flexibility index (Phi) is 8.78. The summed E-state index contributed by atoms with van der Waals surface area (Å²) in [6.45, 7) is 2.87. The average Bonchev–Trinajstić information content (AvgIpc) is 3.28. The van der Waals surface area contributed by atoms with Gasteiger partial charge in [0.25, 0.3) is 0 Å². The van der Waals surface area contributed by atoms with Gasteiger partial charge in [0.1, 0.15) is 5.75 Å². The maximum Gasteiger partial charge on any atom is 0.307 e. The van der Waals surface area contributed by atoms with Crippen LogP contribution in [0.3, 0.4) is 0 Å². The number of benzene rings is 3. The molecule has 0 saturated heterocycles. The lowest BCUT2D eigenvalue weighted by molar-refractivity contribution is -0.136. The number of aliphatic carboxylic acids is 1. The van der Waals surface area contributed by atoms with Gasteiger partial charge >= 0.3 is 5.97 Å². The number of carboxylic acids is 1. The van der Waals surface area contributed by atoms with Gasteiger partial charge in [-0.15, -0.1) is 11.8 Å². The number of carbonyl (C=O) groups is 1. The van der Waals surface area contributed by atoms with E-state index in [1.165, 1.54) is 16.5 Å². The van der Waals surface area contributed by atoms with Crippen LogP contribution in [0.5, 0.6) is 5.75 Å². The SMILES string of the molecule is CCCc1c(OCCCCSc2ccc(CC(=O)O)cc2Cl)ccc2[nH]c(-c3ccccc3)cc12. The normalized spacial score (nSPS) is 11.1. The van der Waals surface area contributed by atoms with Gasteiger partial charge in [-0.1, -0.05) is 61.3 Å². The van der Waals surface area contributed by atoms with Crippen LogP contribution in [0.4, 0.5) is 0 Å². The zero-order valence-corrected chi connectivity index (χ0v) is 21.4. The van der Waals surface area contributed by atoms with E-state index in [1.807, 2.05) is 18.2 Å². The number of halogens is 1. The van der Waals surface area contributed by atoms with Crippen molar-refractivity contribution in [1.29, 1.82) is 0 Å². The standard InChI is InChI=1S/C29H30ClNO3S/c1-2-8-22-23-19-26(21-9-4-3-5-10-21)31-25(23)12-13-27(22)34-15-6-7-16-35-28-14-11-20(17-24(28)30)18-29(32)33/h3-5,9-14,17,19,31H,2,6-8,15-16,18H2,1H3,(H,32,33). The molecular weight excluding hydrogens is 478 g/mol. The Bertz CT molecular complexity index is 1290. The molecule has 2 N–H and O–H groups in total. The molecule has 4 nitrogen and oxygen atoms in total. The molecule has 0 radical (unpaired) electrons. The first-order valence-electron chi connectivity index (χ1n) is 12.0. The van der Waals surface area contributed by atoms with Crippen molar-refractivity contribution in [3.63, 3.8) is 0 Å². The van der Waals surface area contributed by atoms with Crippen LogP contribution in [0.2, 0.25) is 5.02 Å². The highest BCUT2D eigenvalue weighted by Gasteiger charge is 2.12. The fourth-order valence-corrected chi connectivity index (χ4v) is 5.47. The van der Waals surface area contributed by atoms with Crippen molar-refractivity contribution < 1.29 is 14.6 Å². The van der Waals surface area contributed by atoms with Crippen molar-refractivity contribution >= 4 is 40.2 Å². The van der Waals surface area contributed by atoms with Crippen LogP contribution >= 0.6 is 23.4 Å². The van der Waals surface area contributed by atoms with E-state index in [0.717, 1.165) is 58.9 Å². The van der Waals surface area contributed by atoms with Gasteiger partial charge in [0.05, 0.1) is 18.1 Å². The van der Waals surface area contributed by atoms with Crippen LogP contribution in [0, 0.1) is 0 Å². The van der Waals surface area contributed by atoms with Gasteiger partial charge in [-0.05, 0) is 66.5 Å². The molecule has 0 aliphatic carbocycles. The quantitative estimate of drug-likeness (QED) is 0.150. The van der Waals surface area contributed by atoms with E-state index in [-0.39, 0.29) is 6.42 Å². The van der Waals surface area contributed by atoms with Crippen LogP contribution in [0.15, 0.2) is 71.6 Å². The highest BCUT2D eigenvalue weighted by atomic mass is 35.5. The van der Waals surface area contributed by atoms with Crippen LogP contribution in [-0.2, 0) is 17.6 Å². The number of carboxylic acid groups (broad SMARTS) is 1. The molecule has 0 aliphatic rings. The first-order valence-corrected chi connectivity index (χ1v) is 13.4. The molecule has 0 unspecified atom stereocenters. The number of ether oxygens (including phenoxy) is 1. The fourth-order valence-electron chi connectivity index (χ4n) is 4.17. The summed E-state index contributed by atoms with van der Waals surface area (Å²) in [5.41, 5.74) is 5.44. The number of aromatic nitrogens is 1. The molecule has 35 heavy (non-hydrogen) atoms. The number of H-pyrrole nitrogens is 1. The molecule has 0 fully saturated rings. The molecule has 0 bridgehead atoms.